The minimum Gasteiger partial charge on any atom is -0.493 e. The lowest BCUT2D eigenvalue weighted by molar-refractivity contribution is -0.136. The molecular formula is C108H108N12O16. The summed E-state index contributed by atoms with van der Waals surface area (Å²) in [5, 5.41) is 45.2. The van der Waals surface area contributed by atoms with Crippen molar-refractivity contribution in [3.8, 4) is 92.0 Å². The molecule has 0 spiro atoms. The summed E-state index contributed by atoms with van der Waals surface area (Å²) in [5.41, 5.74) is 7.70. The Hall–Kier alpha value is -15.8. The molecule has 4 fully saturated rings. The predicted octanol–water partition coefficient (Wildman–Crippen LogP) is 20.1. The summed E-state index contributed by atoms with van der Waals surface area (Å²) in [6, 6.07) is 70.2. The molecule has 8 aromatic carbocycles. The quantitative estimate of drug-likeness (QED) is 0.0204. The van der Waals surface area contributed by atoms with Gasteiger partial charge in [0.25, 0.3) is 23.6 Å². The van der Waals surface area contributed by atoms with E-state index < -0.39 is 42.9 Å². The third kappa shape index (κ3) is 28.6. The van der Waals surface area contributed by atoms with E-state index in [0.717, 1.165) is 134 Å². The number of para-hydroxylation sites is 4. The summed E-state index contributed by atoms with van der Waals surface area (Å²) in [6.45, 7) is -2.05. The topological polar surface area (TPSA) is 354 Å². The Balaban J connectivity index is 0.000000143. The molecule has 0 unspecified atom stereocenters. The summed E-state index contributed by atoms with van der Waals surface area (Å²) < 4.78 is 98.9. The summed E-state index contributed by atoms with van der Waals surface area (Å²) in [7, 11) is 0. The summed E-state index contributed by atoms with van der Waals surface area (Å²) in [5.74, 6) is 14.1. The average Bonchev–Trinajstić information content (AvgIpc) is 1.49. The molecule has 4 aliphatic carbocycles. The van der Waals surface area contributed by atoms with Crippen LogP contribution in [-0.4, -0.2) is 157 Å². The van der Waals surface area contributed by atoms with Gasteiger partial charge < -0.3 is 66.4 Å². The summed E-state index contributed by atoms with van der Waals surface area (Å²) >= 11 is 0. The molecule has 0 aliphatic heterocycles. The van der Waals surface area contributed by atoms with Gasteiger partial charge in [-0.25, -0.2) is 0 Å². The largest absolute Gasteiger partial charge is 0.493 e. The van der Waals surface area contributed by atoms with Crippen molar-refractivity contribution in [2.24, 2.45) is 0 Å². The van der Waals surface area contributed by atoms with E-state index in [9.17, 15) is 28.8 Å². The Morgan fingerprint density at radius 2 is 0.654 bits per heavy atom. The zero-order valence-corrected chi connectivity index (χ0v) is 75.0. The predicted molar refractivity (Wildman–Crippen MR) is 509 cm³/mol. The molecule has 0 saturated heterocycles. The zero-order chi connectivity index (χ0) is 99.3. The first kappa shape index (κ1) is 86.9. The molecule has 6 aromatic heterocycles. The number of aliphatic carboxylic acids is 2. The van der Waals surface area contributed by atoms with Crippen LogP contribution in [0.3, 0.4) is 0 Å². The smallest absolute Gasteiger partial charge is 0.315 e. The van der Waals surface area contributed by atoms with Gasteiger partial charge in [0, 0.05) is 143 Å². The molecule has 14 aromatic rings. The van der Waals surface area contributed by atoms with Gasteiger partial charge in [0.05, 0.1) is 59.7 Å². The number of nitrogens with zero attached hydrogens (tertiary/aromatic N) is 10. The number of benzene rings is 8. The number of carbonyl (C=O) groups excluding carboxylic acids is 4. The van der Waals surface area contributed by atoms with Crippen molar-refractivity contribution in [1.29, 1.82) is 0 Å². The Morgan fingerprint density at radius 1 is 0.353 bits per heavy atom. The van der Waals surface area contributed by atoms with Gasteiger partial charge in [-0.05, 0) is 211 Å². The van der Waals surface area contributed by atoms with Crippen molar-refractivity contribution in [3.63, 3.8) is 0 Å². The number of carboxylic acids is 2. The maximum Gasteiger partial charge on any atom is 0.315 e. The fourth-order valence-electron chi connectivity index (χ4n) is 14.5. The molecule has 136 heavy (non-hydrogen) atoms. The van der Waals surface area contributed by atoms with E-state index in [2.05, 4.69) is 64.9 Å². The number of hydrogen-bond donors (Lipinski definition) is 4. The molecule has 696 valence electrons. The Labute approximate surface area is 797 Å². The van der Waals surface area contributed by atoms with Crippen LogP contribution in [-0.2, 0) is 48.5 Å². The number of tetrazole rings is 2. The van der Waals surface area contributed by atoms with Gasteiger partial charge in [-0.15, -0.1) is 20.4 Å². The highest BCUT2D eigenvalue weighted by molar-refractivity contribution is 5.97. The zero-order valence-electron chi connectivity index (χ0n) is 81.0. The third-order valence-electron chi connectivity index (χ3n) is 22.2. The number of furan rings is 4. The van der Waals surface area contributed by atoms with E-state index in [1.54, 1.807) is 144 Å². The molecule has 28 nitrogen and oxygen atoms in total. The van der Waals surface area contributed by atoms with Crippen LogP contribution in [0.25, 0.3) is 45.3 Å². The van der Waals surface area contributed by atoms with Gasteiger partial charge in [-0.3, -0.25) is 28.8 Å². The minimum atomic E-state index is -2.11. The number of aromatic amines is 2. The highest BCUT2D eigenvalue weighted by Gasteiger charge is 2.38. The van der Waals surface area contributed by atoms with Gasteiger partial charge in [-0.2, -0.15) is 10.4 Å². The van der Waals surface area contributed by atoms with Crippen molar-refractivity contribution in [2.45, 2.75) is 179 Å². The van der Waals surface area contributed by atoms with E-state index in [-0.39, 0.29) is 61.4 Å². The number of rotatable bonds is 42. The molecule has 28 heteroatoms. The molecule has 0 atom stereocenters. The Bertz CT molecular complexity index is 6580. The lowest BCUT2D eigenvalue weighted by Gasteiger charge is -2.24. The number of ether oxygens (including phenoxy) is 4. The van der Waals surface area contributed by atoms with Crippen LogP contribution < -0.4 is 18.9 Å². The maximum atomic E-state index is 13.6. The van der Waals surface area contributed by atoms with E-state index >= 15 is 0 Å². The van der Waals surface area contributed by atoms with Gasteiger partial charge in [-0.1, -0.05) is 155 Å². The van der Waals surface area contributed by atoms with E-state index in [1.807, 2.05) is 133 Å². The fourth-order valence-corrected chi connectivity index (χ4v) is 14.5. The second-order valence-electron chi connectivity index (χ2n) is 32.4. The number of aromatic nitrogens is 8. The van der Waals surface area contributed by atoms with Gasteiger partial charge in [0.2, 0.25) is 0 Å². The van der Waals surface area contributed by atoms with Crippen molar-refractivity contribution in [1.82, 2.24) is 60.8 Å². The number of carboxylic acid groups (broad SMARTS) is 2. The van der Waals surface area contributed by atoms with Crippen LogP contribution in [0.5, 0.6) is 23.0 Å². The van der Waals surface area contributed by atoms with Crippen LogP contribution in [0.4, 0.5) is 0 Å². The Morgan fingerprint density at radius 3 is 0.941 bits per heavy atom. The van der Waals surface area contributed by atoms with Crippen molar-refractivity contribution >= 4 is 35.6 Å². The highest BCUT2D eigenvalue weighted by atomic mass is 16.5. The number of H-pyrrole nitrogens is 2. The molecule has 4 aliphatic rings. The molecule has 0 bridgehead atoms. The van der Waals surface area contributed by atoms with Crippen LogP contribution in [0.15, 0.2) is 285 Å². The van der Waals surface area contributed by atoms with E-state index in [1.165, 1.54) is 9.80 Å². The number of carbonyl (C=O) groups is 6. The minimum absolute atomic E-state index is 0.148. The summed E-state index contributed by atoms with van der Waals surface area (Å²) in [4.78, 5) is 81.0. The first-order valence-corrected chi connectivity index (χ1v) is 45.5. The lowest BCUT2D eigenvalue weighted by Crippen LogP contribution is -2.32. The molecule has 6 heterocycles. The lowest BCUT2D eigenvalue weighted by atomic mass is 10.1. The Kier molecular flexibility index (Phi) is 31.3. The van der Waals surface area contributed by atoms with Crippen LogP contribution in [0.2, 0.25) is 0 Å². The van der Waals surface area contributed by atoms with Gasteiger partial charge in [0.1, 0.15) is 58.9 Å². The van der Waals surface area contributed by atoms with E-state index in [0.29, 0.717) is 127 Å². The first-order chi connectivity index (χ1) is 69.0. The van der Waals surface area contributed by atoms with Gasteiger partial charge >= 0.3 is 11.9 Å². The number of aryl methyl sites for hydroxylation is 2. The fraction of sp³-hybridized carbons (Fsp3) is 0.296. The maximum absolute atomic E-state index is 13.6. The van der Waals surface area contributed by atoms with Gasteiger partial charge in [0.15, 0.2) is 11.6 Å². The highest BCUT2D eigenvalue weighted by Crippen LogP contribution is 2.38. The normalized spacial score (nSPS) is 14.1. The second kappa shape index (κ2) is 49.1. The number of hydrogen-bond acceptors (Lipinski definition) is 20. The van der Waals surface area contributed by atoms with Crippen LogP contribution in [0, 0.1) is 23.7 Å². The van der Waals surface area contributed by atoms with Crippen LogP contribution >= 0.6 is 0 Å². The number of amides is 4. The molecule has 4 N–H and O–H groups in total. The monoisotopic (exact) mass is 1830 g/mol. The molecule has 0 radical (unpaired) electrons. The van der Waals surface area contributed by atoms with E-state index in [4.69, 9.17) is 55.1 Å². The molecular weight excluding hydrogens is 1720 g/mol. The number of nitrogens with one attached hydrogen (secondary N) is 2. The SMILES string of the molecule is [2H]C([2H])(c1ccccc1OCCC#CCC(=O)O)N(C(=O)c1ccc(-c2ccco2)cc1)C1CC1.[2H]C([2H])(c1ccccc1OCCCCCc1nn[nH]n1)N(C(=O)c1ccc(-c2ccco2)cc1)C1CC1.[2H]C1(N(Cc2ccccc2OCCC#CCC(=O)O)C(=O)c2ccc(-c3ccco3)cc2)CC1.[2H]C1(N(Cc2ccccc2OCCCCCc2nn[nH]n2)C(=O)c2ccc(-c3ccco3)cc2)CC1. The van der Waals surface area contributed by atoms with Crippen molar-refractivity contribution < 1.29 is 83.8 Å². The molecule has 4 saturated carbocycles. The third-order valence-corrected chi connectivity index (χ3v) is 22.2. The molecule has 4 amide bonds. The summed E-state index contributed by atoms with van der Waals surface area (Å²) in [6.07, 6.45) is 19.4. The van der Waals surface area contributed by atoms with Crippen molar-refractivity contribution in [2.75, 3.05) is 26.4 Å². The van der Waals surface area contributed by atoms with Crippen molar-refractivity contribution in [3.05, 3.63) is 324 Å². The first-order valence-electron chi connectivity index (χ1n) is 48.5. The van der Waals surface area contributed by atoms with Crippen LogP contribution in [0.1, 0.15) is 199 Å². The molecule has 18 rings (SSSR count). The average molecular weight is 1840 g/mol. The standard InChI is InChI=1S/2C27H29N5O3.2C27H25NO5/c2*33-27(21-13-11-20(12-14-21)24-9-6-18-35-24)32(23-15-16-23)19-22-7-3-4-8-25(22)34-17-5-1-2-10-26-28-30-31-29-26;2*29-26(30)10-2-1-5-17-32-25-8-4-3-7-22(25)19-28(23-15-16-23)27(31)21-13-11-20(12-14-21)24-9-6-18-33-24/h2*3-4,6-9,11-14,18,23H,1-2,5,10,15-17,19H2,(H,28,29,30,31);2*3-4,6-9,11-14,18,23H,5,10,15-17,19H2,(H,29,30)/i23D;19D2;23D;19D2. The second-order valence-corrected chi connectivity index (χ2v) is 32.4. The number of unbranched alkanes of at least 4 members (excludes halogenated alkanes) is 4.